The maximum Gasteiger partial charge on any atom is 0.416 e. The minimum absolute atomic E-state index is 0.00318. The molecule has 0 saturated carbocycles. The predicted molar refractivity (Wildman–Crippen MR) is 346 cm³/mol. The molecule has 0 fully saturated rings. The Labute approximate surface area is 568 Å². The molecule has 0 aliphatic heterocycles. The highest BCUT2D eigenvalue weighted by atomic mass is 79.9. The molecule has 0 spiro atoms. The molecule has 24 nitrogen and oxygen atoms in total. The van der Waals surface area contributed by atoms with Crippen LogP contribution in [0, 0.1) is 0 Å². The van der Waals surface area contributed by atoms with Crippen LogP contribution in [0.15, 0.2) is 133 Å². The molecule has 11 aromatic rings. The molecular weight excluding hydrogens is 1440 g/mol. The van der Waals surface area contributed by atoms with Gasteiger partial charge in [-0.25, -0.2) is 54.3 Å². The van der Waals surface area contributed by atoms with Crippen molar-refractivity contribution in [2.24, 2.45) is 5.73 Å². The van der Waals surface area contributed by atoms with E-state index in [9.17, 15) is 63.8 Å². The molecule has 11 rings (SSSR count). The fraction of sp³-hybridized carbons (Fsp3) is 0.115. The van der Waals surface area contributed by atoms with E-state index in [0.29, 0.717) is 50.9 Å². The number of esters is 2. The Balaban J connectivity index is 0.000000168. The lowest BCUT2D eigenvalue weighted by Crippen LogP contribution is -2.11. The summed E-state index contributed by atoms with van der Waals surface area (Å²) in [6, 6.07) is 20.3. The zero-order valence-electron chi connectivity index (χ0n) is 49.8. The molecule has 0 aliphatic carbocycles. The molecule has 15 N–H and O–H groups in total. The Morgan fingerprint density at radius 2 is 0.735 bits per heavy atom. The summed E-state index contributed by atoms with van der Waals surface area (Å²) in [6.07, 6.45) is -7.99. The van der Waals surface area contributed by atoms with Gasteiger partial charge in [0.2, 0.25) is 23.8 Å². The summed E-state index contributed by atoms with van der Waals surface area (Å²) in [5, 5.41) is 9.45. The molecule has 0 aliphatic rings. The number of hydrogen-bond donors (Lipinski definition) is 10. The molecule has 0 bridgehead atoms. The number of carbonyl (C=O) groups is 4. The molecule has 3 aromatic carbocycles. The van der Waals surface area contributed by atoms with Crippen molar-refractivity contribution >= 4 is 98.3 Å². The van der Waals surface area contributed by atoms with Crippen LogP contribution in [0.5, 0.6) is 0 Å². The van der Waals surface area contributed by atoms with Gasteiger partial charge in [0.05, 0.1) is 119 Å². The molecule has 0 atom stereocenters. The largest absolute Gasteiger partial charge is 0.478 e. The van der Waals surface area contributed by atoms with Gasteiger partial charge in [0.1, 0.15) is 0 Å². The zero-order valence-corrected chi connectivity index (χ0v) is 53.7. The van der Waals surface area contributed by atoms with Gasteiger partial charge >= 0.3 is 36.4 Å². The maximum absolute atomic E-state index is 13.1. The van der Waals surface area contributed by atoms with Gasteiger partial charge in [0.15, 0.2) is 0 Å². The van der Waals surface area contributed by atoms with Gasteiger partial charge < -0.3 is 63.2 Å². The number of carbonyl (C=O) groups excluding carboxylic acids is 3. The summed E-state index contributed by atoms with van der Waals surface area (Å²) in [5.41, 5.74) is 28.1. The van der Waals surface area contributed by atoms with Crippen molar-refractivity contribution in [1.82, 2.24) is 59.8 Å². The Morgan fingerprint density at radius 1 is 0.449 bits per heavy atom. The molecule has 0 radical (unpaired) electrons. The van der Waals surface area contributed by atoms with E-state index in [-0.39, 0.29) is 107 Å². The molecule has 8 heterocycles. The lowest BCUT2D eigenvalue weighted by molar-refractivity contribution is -0.138. The van der Waals surface area contributed by atoms with Crippen molar-refractivity contribution in [3.05, 3.63) is 187 Å². The topological polar surface area (TPSA) is 403 Å². The number of amides is 1. The predicted octanol–water partition coefficient (Wildman–Crippen LogP) is 14.1. The van der Waals surface area contributed by atoms with Crippen LogP contribution in [-0.2, 0) is 28.0 Å². The summed E-state index contributed by atoms with van der Waals surface area (Å²) < 4.78 is 128. The molecule has 508 valence electrons. The Morgan fingerprint density at radius 3 is 1.04 bits per heavy atom. The molecule has 0 unspecified atom stereocenters. The Bertz CT molecular complexity index is 4630. The third kappa shape index (κ3) is 17.7. The first-order valence-electron chi connectivity index (χ1n) is 27.6. The SMILES string of the molecule is CCOC(=O)c1cc(-c2ccnc(N)n2)[nH]c1-c1cc(C(F)(F)F)ccc1Cl.CCOC(=O)c1cc(-c2ccnc(N)n2)[nH]c1Br.NC(=O)c1cc(-c2ccnc(N)n2)[nH]c1-c1cc(C(F)(F)F)ccc1Cl.Nc1nccc(-c2cc(C(=O)O)c(-c3cc(C(F)(F)F)ccc3Cl)[nH]2)n1. The van der Waals surface area contributed by atoms with E-state index in [4.69, 9.17) is 72.9 Å². The summed E-state index contributed by atoms with van der Waals surface area (Å²) in [7, 11) is 0. The van der Waals surface area contributed by atoms with Crippen LogP contribution in [0.1, 0.15) is 72.0 Å². The average Bonchev–Trinajstić information content (AvgIpc) is 1.61. The number of aromatic nitrogens is 12. The molecule has 98 heavy (non-hydrogen) atoms. The molecular formula is C61H46BrCl3F9N17O7. The number of anilines is 4. The number of nitrogens with zero attached hydrogens (tertiary/aromatic N) is 8. The van der Waals surface area contributed by atoms with Gasteiger partial charge in [-0.3, -0.25) is 4.79 Å². The fourth-order valence-corrected chi connectivity index (χ4v) is 9.97. The summed E-state index contributed by atoms with van der Waals surface area (Å²) in [6.45, 7) is 3.79. The maximum atomic E-state index is 13.1. The fourth-order valence-electron chi connectivity index (χ4n) is 8.85. The van der Waals surface area contributed by atoms with E-state index in [0.717, 1.165) is 54.6 Å². The third-order valence-electron chi connectivity index (χ3n) is 13.2. The number of nitrogen functional groups attached to an aromatic ring is 4. The molecule has 8 aromatic heterocycles. The van der Waals surface area contributed by atoms with Crippen molar-refractivity contribution < 1.29 is 73.3 Å². The van der Waals surface area contributed by atoms with Crippen LogP contribution in [0.2, 0.25) is 15.1 Å². The second-order valence-electron chi connectivity index (χ2n) is 19.7. The van der Waals surface area contributed by atoms with Crippen LogP contribution < -0.4 is 28.7 Å². The number of rotatable bonds is 13. The van der Waals surface area contributed by atoms with E-state index in [1.165, 1.54) is 55.0 Å². The number of H-pyrrole nitrogens is 4. The highest BCUT2D eigenvalue weighted by Crippen LogP contribution is 2.42. The summed E-state index contributed by atoms with van der Waals surface area (Å²) >= 11 is 21.5. The second kappa shape index (κ2) is 30.3. The van der Waals surface area contributed by atoms with Crippen LogP contribution >= 0.6 is 50.7 Å². The summed E-state index contributed by atoms with van der Waals surface area (Å²) in [4.78, 5) is 90.0. The number of primary amides is 1. The first-order chi connectivity index (χ1) is 46.1. The van der Waals surface area contributed by atoms with E-state index in [1.54, 1.807) is 32.2 Å². The number of aromatic carboxylic acids is 1. The van der Waals surface area contributed by atoms with Crippen LogP contribution in [-0.4, -0.2) is 102 Å². The molecule has 1 amide bonds. The first kappa shape index (κ1) is 72.7. The lowest BCUT2D eigenvalue weighted by Gasteiger charge is -2.11. The number of carboxylic acid groups (broad SMARTS) is 1. The van der Waals surface area contributed by atoms with Gasteiger partial charge in [-0.15, -0.1) is 0 Å². The van der Waals surface area contributed by atoms with Crippen LogP contribution in [0.25, 0.3) is 79.3 Å². The number of carboxylic acids is 1. The van der Waals surface area contributed by atoms with Gasteiger partial charge in [-0.2, -0.15) is 39.5 Å². The average molecular weight is 1490 g/mol. The number of hydrogen-bond acceptors (Lipinski definition) is 18. The monoisotopic (exact) mass is 1480 g/mol. The quantitative estimate of drug-likeness (QED) is 0.0378. The molecule has 0 saturated heterocycles. The van der Waals surface area contributed by atoms with Crippen molar-refractivity contribution in [2.75, 3.05) is 36.1 Å². The number of benzene rings is 3. The highest BCUT2D eigenvalue weighted by molar-refractivity contribution is 9.10. The summed E-state index contributed by atoms with van der Waals surface area (Å²) in [5.74, 6) is -3.14. The van der Waals surface area contributed by atoms with E-state index in [1.807, 2.05) is 0 Å². The molecule has 37 heteroatoms. The van der Waals surface area contributed by atoms with Crippen molar-refractivity contribution in [3.8, 4) is 79.3 Å². The third-order valence-corrected chi connectivity index (χ3v) is 14.8. The minimum Gasteiger partial charge on any atom is -0.478 e. The Hall–Kier alpha value is -11.1. The standard InChI is InChI=1S/C18H14ClF3N4O2.C16H11ClF3N5O.C16H10ClF3N4O2.C11H11BrN4O2/c1-2-28-16(27)11-8-14(13-5-6-24-17(23)26-13)25-15(11)10-7-9(18(20,21)22)3-4-12(10)19;17-10-2-1-7(16(18,19)20)5-8(10)13-9(14(21)26)6-12(24-13)11-3-4-23-15(22)25-11;17-10-2-1-7(16(18,19)20)5-8(10)13-9(14(25)26)6-12(23-13)11-3-4-22-15(21)24-11;1-2-18-10(17)6-5-8(15-9(6)12)7-3-4-14-11(13)16-7/h3-8,25H,2H2,1H3,(H2,23,24,26);1-6,24H,(H2,21,26)(H2,22,23,25);1-6,23H,(H,25,26)(H2,21,22,24);3-5,15H,2H2,1H3,(H2,13,14,16). The number of halogens is 13. The van der Waals surface area contributed by atoms with Gasteiger partial charge in [-0.1, -0.05) is 34.8 Å². The van der Waals surface area contributed by atoms with Crippen molar-refractivity contribution in [2.45, 2.75) is 32.4 Å². The Kier molecular flexibility index (Phi) is 22.5. The van der Waals surface area contributed by atoms with Crippen molar-refractivity contribution in [1.29, 1.82) is 0 Å². The smallest absolute Gasteiger partial charge is 0.416 e. The minimum atomic E-state index is -4.60. The second-order valence-corrected chi connectivity index (χ2v) is 21.7. The van der Waals surface area contributed by atoms with E-state index < -0.39 is 59.0 Å². The normalized spacial score (nSPS) is 11.3. The van der Waals surface area contributed by atoms with Crippen molar-refractivity contribution in [3.63, 3.8) is 0 Å². The van der Waals surface area contributed by atoms with E-state index in [2.05, 4.69) is 75.7 Å². The van der Waals surface area contributed by atoms with Gasteiger partial charge in [0, 0.05) is 56.5 Å². The van der Waals surface area contributed by atoms with E-state index >= 15 is 0 Å². The number of alkyl halides is 9. The highest BCUT2D eigenvalue weighted by Gasteiger charge is 2.35. The van der Waals surface area contributed by atoms with Crippen LogP contribution in [0.3, 0.4) is 0 Å². The zero-order chi connectivity index (χ0) is 71.7. The van der Waals surface area contributed by atoms with Gasteiger partial charge in [0.25, 0.3) is 5.91 Å². The van der Waals surface area contributed by atoms with Gasteiger partial charge in [-0.05, 0) is 133 Å². The number of nitrogens with one attached hydrogen (secondary N) is 4. The number of aromatic amines is 4. The van der Waals surface area contributed by atoms with Crippen LogP contribution in [0.4, 0.5) is 63.3 Å². The number of nitrogens with two attached hydrogens (primary N) is 5. The first-order valence-corrected chi connectivity index (χ1v) is 29.5. The number of ether oxygens (including phenoxy) is 2. The lowest BCUT2D eigenvalue weighted by atomic mass is 10.0.